The zero-order chi connectivity index (χ0) is 17.5. The normalized spacial score (nSPS) is 10.2. The van der Waals surface area contributed by atoms with Crippen molar-refractivity contribution in [2.24, 2.45) is 0 Å². The van der Waals surface area contributed by atoms with E-state index in [4.69, 9.17) is 4.74 Å². The summed E-state index contributed by atoms with van der Waals surface area (Å²) in [5.41, 5.74) is 1.69. The molecule has 126 valence electrons. The minimum Gasteiger partial charge on any atom is -0.455 e. The maximum atomic E-state index is 12.1. The highest BCUT2D eigenvalue weighted by molar-refractivity contribution is 7.09. The number of ether oxygens (including phenoxy) is 1. The average Bonchev–Trinajstić information content (AvgIpc) is 3.15. The molecule has 2 aromatic heterocycles. The highest BCUT2D eigenvalue weighted by Gasteiger charge is 2.12. The Morgan fingerprint density at radius 1 is 1.12 bits per heavy atom. The molecule has 1 N–H and O–H groups in total. The van der Waals surface area contributed by atoms with Gasteiger partial charge < -0.3 is 10.1 Å². The van der Waals surface area contributed by atoms with Crippen LogP contribution in [0, 0.1) is 0 Å². The lowest BCUT2D eigenvalue weighted by atomic mass is 10.2. The Kier molecular flexibility index (Phi) is 5.48. The van der Waals surface area contributed by atoms with E-state index in [-0.39, 0.29) is 12.5 Å². The zero-order valence-electron chi connectivity index (χ0n) is 13.2. The molecule has 1 aromatic carbocycles. The van der Waals surface area contributed by atoms with Crippen LogP contribution in [-0.2, 0) is 17.9 Å². The molecule has 3 rings (SSSR count). The number of esters is 1. The summed E-state index contributed by atoms with van der Waals surface area (Å²) in [6, 6.07) is 12.4. The predicted molar refractivity (Wildman–Crippen MR) is 93.1 cm³/mol. The van der Waals surface area contributed by atoms with E-state index in [0.717, 1.165) is 5.56 Å². The van der Waals surface area contributed by atoms with Crippen LogP contribution in [0.4, 0.5) is 0 Å². The number of nitrogens with zero attached hydrogens (tertiary/aromatic N) is 2. The van der Waals surface area contributed by atoms with Crippen molar-refractivity contribution in [3.8, 4) is 0 Å². The number of pyridine rings is 1. The van der Waals surface area contributed by atoms with Gasteiger partial charge in [0.25, 0.3) is 5.91 Å². The summed E-state index contributed by atoms with van der Waals surface area (Å²) < 4.78 is 5.21. The number of aromatic nitrogens is 2. The van der Waals surface area contributed by atoms with Gasteiger partial charge in [0.2, 0.25) is 0 Å². The Labute approximate surface area is 148 Å². The van der Waals surface area contributed by atoms with Gasteiger partial charge in [-0.15, -0.1) is 11.3 Å². The van der Waals surface area contributed by atoms with Crippen LogP contribution in [-0.4, -0.2) is 21.8 Å². The minimum absolute atomic E-state index is 0.0360. The van der Waals surface area contributed by atoms with Crippen molar-refractivity contribution in [3.63, 3.8) is 0 Å². The first-order valence-corrected chi connectivity index (χ1v) is 8.44. The van der Waals surface area contributed by atoms with Gasteiger partial charge in [0.1, 0.15) is 17.3 Å². The SMILES string of the molecule is O=C(OCc1nc(C(=O)NCc2cccnc2)cs1)c1ccccc1. The van der Waals surface area contributed by atoms with E-state index >= 15 is 0 Å². The van der Waals surface area contributed by atoms with Crippen LogP contribution in [0.25, 0.3) is 0 Å². The molecule has 2 heterocycles. The second kappa shape index (κ2) is 8.16. The number of carbonyl (C=O) groups excluding carboxylic acids is 2. The van der Waals surface area contributed by atoms with Crippen molar-refractivity contribution in [2.75, 3.05) is 0 Å². The van der Waals surface area contributed by atoms with Crippen molar-refractivity contribution in [3.05, 3.63) is 82.1 Å². The van der Waals surface area contributed by atoms with E-state index < -0.39 is 5.97 Å². The van der Waals surface area contributed by atoms with Crippen LogP contribution in [0.5, 0.6) is 0 Å². The summed E-state index contributed by atoms with van der Waals surface area (Å²) in [4.78, 5) is 32.2. The third-order valence-corrected chi connectivity index (χ3v) is 4.12. The third kappa shape index (κ3) is 4.71. The number of hydrogen-bond donors (Lipinski definition) is 1. The highest BCUT2D eigenvalue weighted by Crippen LogP contribution is 2.12. The summed E-state index contributed by atoms with van der Waals surface area (Å²) in [5, 5.41) is 4.99. The van der Waals surface area contributed by atoms with Gasteiger partial charge in [-0.25, -0.2) is 9.78 Å². The number of rotatable bonds is 6. The molecule has 7 heteroatoms. The largest absolute Gasteiger partial charge is 0.455 e. The molecule has 0 fully saturated rings. The monoisotopic (exact) mass is 353 g/mol. The van der Waals surface area contributed by atoms with Gasteiger partial charge in [-0.3, -0.25) is 9.78 Å². The number of thiazole rings is 1. The molecule has 6 nitrogen and oxygen atoms in total. The van der Waals surface area contributed by atoms with Crippen LogP contribution in [0.15, 0.2) is 60.2 Å². The Hall–Kier alpha value is -3.06. The molecule has 25 heavy (non-hydrogen) atoms. The molecule has 0 saturated carbocycles. The maximum Gasteiger partial charge on any atom is 0.338 e. The smallest absolute Gasteiger partial charge is 0.338 e. The van der Waals surface area contributed by atoms with E-state index in [9.17, 15) is 9.59 Å². The molecule has 3 aromatic rings. The van der Waals surface area contributed by atoms with Crippen molar-refractivity contribution < 1.29 is 14.3 Å². The molecule has 0 aliphatic rings. The van der Waals surface area contributed by atoms with E-state index in [1.54, 1.807) is 42.0 Å². The molecular weight excluding hydrogens is 338 g/mol. The Balaban J connectivity index is 1.51. The van der Waals surface area contributed by atoms with E-state index in [2.05, 4.69) is 15.3 Å². The predicted octanol–water partition coefficient (Wildman–Crippen LogP) is 2.83. The summed E-state index contributed by atoms with van der Waals surface area (Å²) in [7, 11) is 0. The molecule has 0 unspecified atom stereocenters. The second-order valence-corrected chi connectivity index (χ2v) is 6.06. The van der Waals surface area contributed by atoms with E-state index in [1.165, 1.54) is 11.3 Å². The second-order valence-electron chi connectivity index (χ2n) is 5.11. The van der Waals surface area contributed by atoms with Crippen LogP contribution in [0.1, 0.15) is 31.4 Å². The standard InChI is InChI=1S/C18H15N3O3S/c22-17(20-10-13-5-4-8-19-9-13)15-12-25-16(21-15)11-24-18(23)14-6-2-1-3-7-14/h1-9,12H,10-11H2,(H,20,22). The third-order valence-electron chi connectivity index (χ3n) is 3.30. The molecule has 0 aliphatic heterocycles. The average molecular weight is 353 g/mol. The first-order valence-electron chi connectivity index (χ1n) is 7.56. The highest BCUT2D eigenvalue weighted by atomic mass is 32.1. The van der Waals surface area contributed by atoms with Gasteiger partial charge in [-0.2, -0.15) is 0 Å². The van der Waals surface area contributed by atoms with E-state index in [0.29, 0.717) is 22.8 Å². The lowest BCUT2D eigenvalue weighted by Crippen LogP contribution is -2.23. The number of benzene rings is 1. The molecule has 0 atom stereocenters. The Bertz CT molecular complexity index is 850. The first kappa shape index (κ1) is 16.8. The minimum atomic E-state index is -0.418. The van der Waals surface area contributed by atoms with Crippen LogP contribution >= 0.6 is 11.3 Å². The number of hydrogen-bond acceptors (Lipinski definition) is 6. The van der Waals surface area contributed by atoms with E-state index in [1.807, 2.05) is 18.2 Å². The summed E-state index contributed by atoms with van der Waals surface area (Å²) in [6.07, 6.45) is 3.37. The molecule has 0 spiro atoms. The van der Waals surface area contributed by atoms with Crippen molar-refractivity contribution in [1.29, 1.82) is 0 Å². The fourth-order valence-corrected chi connectivity index (χ4v) is 2.73. The molecule has 0 radical (unpaired) electrons. The van der Waals surface area contributed by atoms with Gasteiger partial charge >= 0.3 is 5.97 Å². The topological polar surface area (TPSA) is 81.2 Å². The van der Waals surface area contributed by atoms with Crippen LogP contribution in [0.3, 0.4) is 0 Å². The maximum absolute atomic E-state index is 12.1. The van der Waals surface area contributed by atoms with Gasteiger partial charge in [0, 0.05) is 24.3 Å². The summed E-state index contributed by atoms with van der Waals surface area (Å²) >= 11 is 1.28. The molecule has 0 bridgehead atoms. The fourth-order valence-electron chi connectivity index (χ4n) is 2.04. The van der Waals surface area contributed by atoms with Gasteiger partial charge in [0.15, 0.2) is 0 Å². The Morgan fingerprint density at radius 2 is 1.96 bits per heavy atom. The zero-order valence-corrected chi connectivity index (χ0v) is 14.0. The van der Waals surface area contributed by atoms with Crippen molar-refractivity contribution in [2.45, 2.75) is 13.2 Å². The number of carbonyl (C=O) groups is 2. The first-order chi connectivity index (χ1) is 12.2. The van der Waals surface area contributed by atoms with Gasteiger partial charge in [0.05, 0.1) is 5.56 Å². The quantitative estimate of drug-likeness (QED) is 0.689. The molecule has 1 amide bonds. The summed E-state index contributed by atoms with van der Waals surface area (Å²) in [6.45, 7) is 0.413. The van der Waals surface area contributed by atoms with Gasteiger partial charge in [-0.1, -0.05) is 24.3 Å². The van der Waals surface area contributed by atoms with Crippen molar-refractivity contribution in [1.82, 2.24) is 15.3 Å². The Morgan fingerprint density at radius 3 is 2.72 bits per heavy atom. The molecular formula is C18H15N3O3S. The lowest BCUT2D eigenvalue weighted by molar-refractivity contribution is 0.0472. The number of amides is 1. The van der Waals surface area contributed by atoms with Crippen molar-refractivity contribution >= 4 is 23.2 Å². The summed E-state index contributed by atoms with van der Waals surface area (Å²) in [5.74, 6) is -0.695. The van der Waals surface area contributed by atoms with Gasteiger partial charge in [-0.05, 0) is 23.8 Å². The fraction of sp³-hybridized carbons (Fsp3) is 0.111. The van der Waals surface area contributed by atoms with Crippen LogP contribution < -0.4 is 5.32 Å². The number of nitrogens with one attached hydrogen (secondary N) is 1. The molecule has 0 aliphatic carbocycles. The van der Waals surface area contributed by atoms with Crippen LogP contribution in [0.2, 0.25) is 0 Å². The molecule has 0 saturated heterocycles. The lowest BCUT2D eigenvalue weighted by Gasteiger charge is -2.03.